The first-order valence-corrected chi connectivity index (χ1v) is 10.6. The smallest absolute Gasteiger partial charge is 0.312 e. The van der Waals surface area contributed by atoms with Crippen LogP contribution in [0.3, 0.4) is 0 Å². The Labute approximate surface area is 165 Å². The van der Waals surface area contributed by atoms with Gasteiger partial charge in [0.1, 0.15) is 0 Å². The van der Waals surface area contributed by atoms with Crippen molar-refractivity contribution in [1.29, 1.82) is 0 Å². The lowest BCUT2D eigenvalue weighted by atomic mass is 10.2. The summed E-state index contributed by atoms with van der Waals surface area (Å²) in [5.41, 5.74) is 0. The van der Waals surface area contributed by atoms with Crippen molar-refractivity contribution < 1.29 is 22.8 Å². The third kappa shape index (κ3) is 5.52. The highest BCUT2D eigenvalue weighted by molar-refractivity contribution is 7.89. The molecule has 0 bridgehead atoms. The van der Waals surface area contributed by atoms with Crippen LogP contribution in [0.2, 0.25) is 0 Å². The van der Waals surface area contributed by atoms with E-state index in [9.17, 15) is 22.8 Å². The van der Waals surface area contributed by atoms with Gasteiger partial charge in [0.25, 0.3) is 0 Å². The van der Waals surface area contributed by atoms with Gasteiger partial charge >= 0.3 is 11.8 Å². The van der Waals surface area contributed by atoms with Crippen molar-refractivity contribution in [2.24, 2.45) is 0 Å². The number of carbonyl (C=O) groups excluding carboxylic acids is 3. The highest BCUT2D eigenvalue weighted by atomic mass is 32.2. The Bertz CT molecular complexity index is 818. The molecule has 0 saturated carbocycles. The number of carbonyl (C=O) groups is 3. The summed E-state index contributed by atoms with van der Waals surface area (Å²) in [6.45, 7) is 5.91. The summed E-state index contributed by atoms with van der Waals surface area (Å²) in [5.74, 6) is -1.67. The first kappa shape index (κ1) is 21.8. The molecule has 0 aromatic heterocycles. The summed E-state index contributed by atoms with van der Waals surface area (Å²) in [6.07, 6.45) is 0. The van der Waals surface area contributed by atoms with E-state index in [1.54, 1.807) is 32.0 Å². The fourth-order valence-corrected chi connectivity index (χ4v) is 4.04. The molecule has 0 spiro atoms. The highest BCUT2D eigenvalue weighted by Gasteiger charge is 2.31. The first-order valence-electron chi connectivity index (χ1n) is 9.07. The zero-order chi connectivity index (χ0) is 20.9. The Morgan fingerprint density at radius 1 is 0.929 bits per heavy atom. The molecule has 1 atom stereocenters. The average molecular weight is 410 g/mol. The third-order valence-electron chi connectivity index (χ3n) is 4.25. The van der Waals surface area contributed by atoms with Crippen LogP contribution >= 0.6 is 0 Å². The van der Waals surface area contributed by atoms with E-state index in [1.807, 2.05) is 0 Å². The van der Waals surface area contributed by atoms with Crippen molar-refractivity contribution in [1.82, 2.24) is 19.8 Å². The van der Waals surface area contributed by atoms with Gasteiger partial charge in [-0.05, 0) is 32.9 Å². The van der Waals surface area contributed by atoms with E-state index in [2.05, 4.69) is 10.0 Å². The van der Waals surface area contributed by atoms with Gasteiger partial charge in [-0.2, -0.15) is 4.72 Å². The first-order chi connectivity index (χ1) is 13.1. The van der Waals surface area contributed by atoms with Gasteiger partial charge in [-0.25, -0.2) is 8.42 Å². The van der Waals surface area contributed by atoms with Crippen LogP contribution in [-0.2, 0) is 24.4 Å². The SMILES string of the molecule is CC(C)NC(=O)C(=O)N1CCN(C(=O)[C@H](C)NS(=O)(=O)c2ccccc2)CC1. The Morgan fingerprint density at radius 2 is 1.46 bits per heavy atom. The van der Waals surface area contributed by atoms with E-state index in [0.29, 0.717) is 0 Å². The maximum absolute atomic E-state index is 12.6. The monoisotopic (exact) mass is 410 g/mol. The predicted molar refractivity (Wildman–Crippen MR) is 103 cm³/mol. The molecule has 0 aliphatic carbocycles. The summed E-state index contributed by atoms with van der Waals surface area (Å²) in [7, 11) is -3.81. The molecule has 9 nitrogen and oxygen atoms in total. The number of nitrogens with zero attached hydrogens (tertiary/aromatic N) is 2. The van der Waals surface area contributed by atoms with Crippen molar-refractivity contribution in [3.8, 4) is 0 Å². The maximum atomic E-state index is 12.6. The Hall–Kier alpha value is -2.46. The Kier molecular flexibility index (Phi) is 7.14. The van der Waals surface area contributed by atoms with Gasteiger partial charge in [-0.15, -0.1) is 0 Å². The standard InChI is InChI=1S/C18H26N4O5S/c1-13(2)19-16(23)18(25)22-11-9-21(10-12-22)17(24)14(3)20-28(26,27)15-7-5-4-6-8-15/h4-8,13-14,20H,9-12H2,1-3H3,(H,19,23)/t14-/m0/s1. The zero-order valence-corrected chi connectivity index (χ0v) is 17.0. The van der Waals surface area contributed by atoms with Crippen molar-refractivity contribution >= 4 is 27.7 Å². The molecular formula is C18H26N4O5S. The number of hydrogen-bond acceptors (Lipinski definition) is 5. The molecule has 2 rings (SSSR count). The maximum Gasteiger partial charge on any atom is 0.312 e. The van der Waals surface area contributed by atoms with E-state index in [1.165, 1.54) is 28.9 Å². The topological polar surface area (TPSA) is 116 Å². The lowest BCUT2D eigenvalue weighted by Gasteiger charge is -2.35. The molecule has 1 fully saturated rings. The largest absolute Gasteiger partial charge is 0.346 e. The van der Waals surface area contributed by atoms with Gasteiger partial charge < -0.3 is 15.1 Å². The van der Waals surface area contributed by atoms with E-state index < -0.39 is 27.9 Å². The summed E-state index contributed by atoms with van der Waals surface area (Å²) in [4.78, 5) is 39.5. The number of piperazine rings is 1. The molecule has 3 amide bonds. The Morgan fingerprint density at radius 3 is 2.00 bits per heavy atom. The minimum atomic E-state index is -3.81. The van der Waals surface area contributed by atoms with Gasteiger partial charge in [0.15, 0.2) is 0 Å². The Balaban J connectivity index is 1.91. The van der Waals surface area contributed by atoms with Crippen molar-refractivity contribution in [2.75, 3.05) is 26.2 Å². The van der Waals surface area contributed by atoms with Crippen LogP contribution in [0, 0.1) is 0 Å². The van der Waals surface area contributed by atoms with Crippen LogP contribution in [0.1, 0.15) is 20.8 Å². The zero-order valence-electron chi connectivity index (χ0n) is 16.2. The molecule has 10 heteroatoms. The molecule has 28 heavy (non-hydrogen) atoms. The van der Waals surface area contributed by atoms with Gasteiger partial charge in [0.05, 0.1) is 10.9 Å². The summed E-state index contributed by atoms with van der Waals surface area (Å²) >= 11 is 0. The molecule has 1 saturated heterocycles. The number of hydrogen-bond donors (Lipinski definition) is 2. The second-order valence-electron chi connectivity index (χ2n) is 6.90. The molecule has 154 valence electrons. The fourth-order valence-electron chi connectivity index (χ4n) is 2.82. The number of sulfonamides is 1. The minimum absolute atomic E-state index is 0.0845. The quantitative estimate of drug-likeness (QED) is 0.638. The van der Waals surface area contributed by atoms with Crippen molar-refractivity contribution in [2.45, 2.75) is 37.8 Å². The van der Waals surface area contributed by atoms with Gasteiger partial charge in [0, 0.05) is 32.2 Å². The van der Waals surface area contributed by atoms with E-state index in [-0.39, 0.29) is 43.0 Å². The molecule has 1 aromatic carbocycles. The lowest BCUT2D eigenvalue weighted by Crippen LogP contribution is -2.57. The van der Waals surface area contributed by atoms with Crippen molar-refractivity contribution in [3.05, 3.63) is 30.3 Å². The fraction of sp³-hybridized carbons (Fsp3) is 0.500. The number of benzene rings is 1. The second kappa shape index (κ2) is 9.16. The summed E-state index contributed by atoms with van der Waals surface area (Å²) in [6, 6.07) is 6.72. The molecule has 1 aliphatic heterocycles. The van der Waals surface area contributed by atoms with Crippen LogP contribution in [-0.4, -0.2) is 74.2 Å². The van der Waals surface area contributed by atoms with Crippen molar-refractivity contribution in [3.63, 3.8) is 0 Å². The van der Waals surface area contributed by atoms with Crippen LogP contribution in [0.15, 0.2) is 35.2 Å². The van der Waals surface area contributed by atoms with E-state index in [4.69, 9.17) is 0 Å². The molecule has 0 radical (unpaired) electrons. The average Bonchev–Trinajstić information content (AvgIpc) is 2.66. The highest BCUT2D eigenvalue weighted by Crippen LogP contribution is 2.10. The predicted octanol–water partition coefficient (Wildman–Crippen LogP) is -0.451. The molecule has 1 heterocycles. The van der Waals surface area contributed by atoms with Crippen LogP contribution < -0.4 is 10.0 Å². The minimum Gasteiger partial charge on any atom is -0.346 e. The number of amides is 3. The van der Waals surface area contributed by atoms with E-state index >= 15 is 0 Å². The van der Waals surface area contributed by atoms with Crippen LogP contribution in [0.4, 0.5) is 0 Å². The molecule has 0 unspecified atom stereocenters. The number of nitrogens with one attached hydrogen (secondary N) is 2. The van der Waals surface area contributed by atoms with Crippen LogP contribution in [0.25, 0.3) is 0 Å². The summed E-state index contributed by atoms with van der Waals surface area (Å²) < 4.78 is 27.1. The second-order valence-corrected chi connectivity index (χ2v) is 8.62. The molecule has 2 N–H and O–H groups in total. The molecule has 1 aromatic rings. The third-order valence-corrected chi connectivity index (χ3v) is 5.81. The normalized spacial score (nSPS) is 16.0. The van der Waals surface area contributed by atoms with Gasteiger partial charge in [0.2, 0.25) is 15.9 Å². The molecule has 1 aliphatic rings. The lowest BCUT2D eigenvalue weighted by molar-refractivity contribution is -0.148. The van der Waals surface area contributed by atoms with E-state index in [0.717, 1.165) is 0 Å². The van der Waals surface area contributed by atoms with Gasteiger partial charge in [-0.3, -0.25) is 14.4 Å². The molecular weight excluding hydrogens is 384 g/mol. The van der Waals surface area contributed by atoms with Gasteiger partial charge in [-0.1, -0.05) is 18.2 Å². The van der Waals surface area contributed by atoms with Crippen LogP contribution in [0.5, 0.6) is 0 Å². The summed E-state index contributed by atoms with van der Waals surface area (Å²) in [5, 5.41) is 2.55. The number of rotatable bonds is 5.